The average Bonchev–Trinajstić information content (AvgIpc) is 3.27. The first-order chi connectivity index (χ1) is 16.4. The average molecular weight is 622 g/mol. The molecular weight excluding hydrogens is 602 g/mol. The maximum absolute atomic E-state index is 13.2. The number of amidine groups is 1. The number of hydrogen-bond acceptors (Lipinski definition) is 6. The van der Waals surface area contributed by atoms with Crippen LogP contribution < -0.4 is 7.96 Å². The Hall–Kier alpha value is -2.74. The van der Waals surface area contributed by atoms with E-state index in [1.165, 1.54) is 17.0 Å². The molecule has 2 aliphatic rings. The van der Waals surface area contributed by atoms with Crippen LogP contribution in [0.25, 0.3) is 0 Å². The number of amides is 2. The molecule has 0 N–H and O–H groups in total. The van der Waals surface area contributed by atoms with Gasteiger partial charge in [0.15, 0.2) is 0 Å². The molecule has 0 unspecified atom stereocenters. The molecule has 186 valence electrons. The van der Waals surface area contributed by atoms with Crippen molar-refractivity contribution >= 4 is 56.2 Å². The van der Waals surface area contributed by atoms with Crippen LogP contribution in [-0.4, -0.2) is 59.0 Å². The van der Waals surface area contributed by atoms with Crippen molar-refractivity contribution in [3.8, 4) is 5.75 Å². The lowest BCUT2D eigenvalue weighted by Crippen LogP contribution is -2.63. The fraction of sp³-hybridized carbons (Fsp3) is 0.318. The van der Waals surface area contributed by atoms with Gasteiger partial charge in [0, 0.05) is 30.2 Å². The molecule has 0 saturated carbocycles. The number of carbonyl (C=O) groups excluding carboxylic acids is 2. The Morgan fingerprint density at radius 3 is 2.51 bits per heavy atom. The van der Waals surface area contributed by atoms with Gasteiger partial charge < -0.3 is 14.5 Å². The first-order valence-electron chi connectivity index (χ1n) is 10.4. The highest BCUT2D eigenvalue weighted by Crippen LogP contribution is 2.32. The summed E-state index contributed by atoms with van der Waals surface area (Å²) in [4.78, 5) is 29.3. The van der Waals surface area contributed by atoms with Crippen molar-refractivity contribution in [2.24, 2.45) is 8.25 Å². The molecule has 2 aromatic carbocycles. The minimum Gasteiger partial charge on any atom is -0.406 e. The van der Waals surface area contributed by atoms with Gasteiger partial charge in [-0.3, -0.25) is 9.59 Å². The number of halogens is 5. The lowest BCUT2D eigenvalue weighted by atomic mass is 9.97. The van der Waals surface area contributed by atoms with E-state index < -0.39 is 44.9 Å². The zero-order valence-corrected chi connectivity index (χ0v) is 21.5. The van der Waals surface area contributed by atoms with Crippen molar-refractivity contribution in [1.29, 1.82) is 0 Å². The Labute approximate surface area is 214 Å². The molecule has 0 aromatic heterocycles. The number of rotatable bonds is 4. The number of piperazine rings is 1. The smallest absolute Gasteiger partial charge is 0.406 e. The van der Waals surface area contributed by atoms with Gasteiger partial charge >= 0.3 is 6.36 Å². The Kier molecular flexibility index (Phi) is 7.04. The second-order valence-corrected chi connectivity index (χ2v) is 10.7. The lowest BCUT2D eigenvalue weighted by Gasteiger charge is -2.46. The molecule has 8 nitrogen and oxygen atoms in total. The van der Waals surface area contributed by atoms with E-state index in [4.69, 9.17) is 11.6 Å². The normalized spacial score (nSPS) is 17.7. The molecule has 2 amide bonds. The van der Waals surface area contributed by atoms with Crippen LogP contribution in [0.1, 0.15) is 24.2 Å². The van der Waals surface area contributed by atoms with Gasteiger partial charge in [0.05, 0.1) is 11.2 Å². The zero-order chi connectivity index (χ0) is 25.4. The van der Waals surface area contributed by atoms with Gasteiger partial charge in [0.25, 0.3) is 11.8 Å². The Morgan fingerprint density at radius 2 is 1.83 bits per heavy atom. The predicted octanol–water partition coefficient (Wildman–Crippen LogP) is 5.20. The molecule has 35 heavy (non-hydrogen) atoms. The van der Waals surface area contributed by atoms with E-state index in [0.717, 1.165) is 17.8 Å². The van der Waals surface area contributed by atoms with Crippen LogP contribution in [0.3, 0.4) is 0 Å². The summed E-state index contributed by atoms with van der Waals surface area (Å²) in [5.74, 6) is -1.15. The molecular formula is C22H20ClF3IN5O3. The molecule has 0 atom stereocenters. The third-order valence-corrected chi connectivity index (χ3v) is 7.42. The highest BCUT2D eigenvalue weighted by Gasteiger charge is 2.41. The van der Waals surface area contributed by atoms with Gasteiger partial charge in [0.1, 0.15) is 27.1 Å². The van der Waals surface area contributed by atoms with Crippen LogP contribution in [0.15, 0.2) is 56.8 Å². The summed E-state index contributed by atoms with van der Waals surface area (Å²) in [6.45, 7) is 4.24. The molecule has 2 aliphatic heterocycles. The molecule has 13 heteroatoms. The number of ether oxygens (including phenoxy) is 1. The van der Waals surface area contributed by atoms with Crippen LogP contribution in [-0.2, 0) is 4.79 Å². The number of nitrogens with zero attached hydrogens (tertiary/aromatic N) is 5. The van der Waals surface area contributed by atoms with Gasteiger partial charge in [-0.1, -0.05) is 23.7 Å². The quantitative estimate of drug-likeness (QED) is 0.347. The number of anilines is 1. The molecule has 1 fully saturated rings. The van der Waals surface area contributed by atoms with Crippen LogP contribution >= 0.6 is 32.9 Å². The van der Waals surface area contributed by atoms with Gasteiger partial charge in [-0.05, 0) is 50.2 Å². The van der Waals surface area contributed by atoms with Crippen molar-refractivity contribution in [2.45, 2.75) is 25.7 Å². The van der Waals surface area contributed by atoms with Gasteiger partial charge in [-0.2, -0.15) is 6.37 Å². The summed E-state index contributed by atoms with van der Waals surface area (Å²) in [6, 6.07) is 12.1. The fourth-order valence-electron chi connectivity index (χ4n) is 3.79. The van der Waals surface area contributed by atoms with Crippen molar-refractivity contribution in [2.75, 3.05) is 22.9 Å². The topological polar surface area (TPSA) is 77.8 Å². The van der Waals surface area contributed by atoms with Crippen LogP contribution in [0, 0.1) is 0 Å². The Morgan fingerprint density at radius 1 is 1.09 bits per heavy atom. The monoisotopic (exact) mass is 621 g/mol. The minimum atomic E-state index is -4.85. The summed E-state index contributed by atoms with van der Waals surface area (Å²) in [5.41, 5.74) is 0.0629. The molecule has 1 saturated heterocycles. The minimum absolute atomic E-state index is 0.0689. The molecule has 0 aliphatic carbocycles. The number of benzene rings is 2. The molecule has 0 spiro atoms. The van der Waals surface area contributed by atoms with E-state index in [9.17, 15) is 22.8 Å². The van der Waals surface area contributed by atoms with E-state index in [2.05, 4.69) is 13.0 Å². The first-order valence-corrected chi connectivity index (χ1v) is 12.7. The molecule has 2 aromatic rings. The lowest BCUT2D eigenvalue weighted by molar-refractivity contribution is -0.274. The van der Waals surface area contributed by atoms with Gasteiger partial charge in [-0.15, -0.1) is 18.3 Å². The molecule has 0 bridgehead atoms. The molecule has 4 rings (SSSR count). The second-order valence-electron chi connectivity index (χ2n) is 8.40. The number of alkyl halides is 3. The van der Waals surface area contributed by atoms with Crippen LogP contribution in [0.4, 0.5) is 18.9 Å². The Balaban J connectivity index is 1.45. The van der Waals surface area contributed by atoms with Crippen molar-refractivity contribution < 1.29 is 27.5 Å². The SMILES string of the molecule is CC1(C)CN(C(=O)c2cccc(OC(F)(F)F)c2)CCN1C(=O)C1=NN(c2cccc(Cl)c2)I=N1. The van der Waals surface area contributed by atoms with Gasteiger partial charge in [0.2, 0.25) is 5.84 Å². The number of hydrogen-bond donors (Lipinski definition) is 0. The summed E-state index contributed by atoms with van der Waals surface area (Å²) in [7, 11) is 0. The maximum atomic E-state index is 13.2. The second kappa shape index (κ2) is 9.72. The van der Waals surface area contributed by atoms with Gasteiger partial charge in [-0.25, -0.2) is 0 Å². The zero-order valence-electron chi connectivity index (χ0n) is 18.6. The van der Waals surface area contributed by atoms with Crippen LogP contribution in [0.2, 0.25) is 5.02 Å². The van der Waals surface area contributed by atoms with Crippen molar-refractivity contribution in [1.82, 2.24) is 9.80 Å². The Bertz CT molecular complexity index is 1220. The predicted molar refractivity (Wildman–Crippen MR) is 133 cm³/mol. The summed E-state index contributed by atoms with van der Waals surface area (Å²) in [6.07, 6.45) is -4.85. The molecule has 2 heterocycles. The van der Waals surface area contributed by atoms with Crippen molar-refractivity contribution in [3.63, 3.8) is 0 Å². The number of carbonyl (C=O) groups is 2. The van der Waals surface area contributed by atoms with Crippen molar-refractivity contribution in [3.05, 3.63) is 59.1 Å². The summed E-state index contributed by atoms with van der Waals surface area (Å²) < 4.78 is 47.6. The third kappa shape index (κ3) is 5.92. The maximum Gasteiger partial charge on any atom is 0.573 e. The van der Waals surface area contributed by atoms with Crippen LogP contribution in [0.5, 0.6) is 5.75 Å². The summed E-state index contributed by atoms with van der Waals surface area (Å²) >= 11 is 5.13. The first kappa shape index (κ1) is 25.4. The fourth-order valence-corrected chi connectivity index (χ4v) is 5.54. The van der Waals surface area contributed by atoms with E-state index in [1.807, 2.05) is 19.9 Å². The standard InChI is InChI=1S/C22H20ClF3IN5O3/c1-21(2)13-30(19(33)14-5-3-8-17(11-14)35-22(24,25)26)9-10-31(21)20(34)18-28-27-32(29-18)16-7-4-6-15(23)12-16/h3-8,11-12H,9-10,13H2,1-2H3. The van der Waals surface area contributed by atoms with E-state index >= 15 is 0 Å². The molecule has 0 radical (unpaired) electrons. The van der Waals surface area contributed by atoms with E-state index in [-0.39, 0.29) is 36.9 Å². The van der Waals surface area contributed by atoms with E-state index in [0.29, 0.717) is 5.02 Å². The number of hydrazone groups is 1. The third-order valence-electron chi connectivity index (χ3n) is 5.33. The van der Waals surface area contributed by atoms with E-state index in [1.54, 1.807) is 26.3 Å². The summed E-state index contributed by atoms with van der Waals surface area (Å²) in [5, 5.41) is 4.93. The highest BCUT2D eigenvalue weighted by molar-refractivity contribution is 14.2. The largest absolute Gasteiger partial charge is 0.573 e. The highest BCUT2D eigenvalue weighted by atomic mass is 127.